The highest BCUT2D eigenvalue weighted by Gasteiger charge is 2.35. The SMILES string of the molecule is NN(C=O)CCc1ccc(CS(=O)(=O)ON2CCNCC2)c(C(F)(F)F)c1. The van der Waals surface area contributed by atoms with E-state index in [1.807, 2.05) is 0 Å². The summed E-state index contributed by atoms with van der Waals surface area (Å²) in [5.41, 5.74) is -1.17. The number of benzene rings is 1. The molecule has 1 aliphatic heterocycles. The van der Waals surface area contributed by atoms with Crippen molar-refractivity contribution in [3.05, 3.63) is 34.9 Å². The van der Waals surface area contributed by atoms with Crippen molar-refractivity contribution in [3.8, 4) is 0 Å². The van der Waals surface area contributed by atoms with E-state index in [0.717, 1.165) is 17.1 Å². The van der Waals surface area contributed by atoms with Gasteiger partial charge in [0.2, 0.25) is 6.41 Å². The number of hydrogen-bond acceptors (Lipinski definition) is 7. The first-order chi connectivity index (χ1) is 12.6. The molecule has 1 amide bonds. The summed E-state index contributed by atoms with van der Waals surface area (Å²) < 4.78 is 69.4. The minimum absolute atomic E-state index is 0.0323. The number of carbonyl (C=O) groups excluding carboxylic acids is 1. The number of nitrogens with zero attached hydrogens (tertiary/aromatic N) is 2. The summed E-state index contributed by atoms with van der Waals surface area (Å²) in [4.78, 5) is 10.5. The predicted molar refractivity (Wildman–Crippen MR) is 90.3 cm³/mol. The first-order valence-electron chi connectivity index (χ1n) is 8.14. The first kappa shape index (κ1) is 21.6. The third-order valence-electron chi connectivity index (χ3n) is 3.90. The fraction of sp³-hybridized carbons (Fsp3) is 0.533. The number of alkyl halides is 3. The van der Waals surface area contributed by atoms with Crippen LogP contribution in [0.1, 0.15) is 16.7 Å². The molecular weight excluding hydrogens is 389 g/mol. The summed E-state index contributed by atoms with van der Waals surface area (Å²) in [6.45, 7) is 1.71. The van der Waals surface area contributed by atoms with Crippen LogP contribution in [0.3, 0.4) is 0 Å². The standard InChI is InChI=1S/C15H21F3N4O4S/c16-15(17,18)14-9-12(3-6-21(19)11-23)1-2-13(14)10-27(24,25)26-22-7-4-20-5-8-22/h1-2,9,11,20H,3-8,10,19H2. The maximum absolute atomic E-state index is 13.4. The molecule has 1 saturated heterocycles. The lowest BCUT2D eigenvalue weighted by Gasteiger charge is -2.25. The van der Waals surface area contributed by atoms with E-state index in [2.05, 4.69) is 5.32 Å². The Morgan fingerprint density at radius 1 is 1.30 bits per heavy atom. The molecule has 0 aliphatic carbocycles. The summed E-state index contributed by atoms with van der Waals surface area (Å²) in [6, 6.07) is 3.36. The largest absolute Gasteiger partial charge is 0.416 e. The lowest BCUT2D eigenvalue weighted by atomic mass is 10.0. The maximum atomic E-state index is 13.4. The zero-order valence-corrected chi connectivity index (χ0v) is 15.2. The normalized spacial score (nSPS) is 16.3. The van der Waals surface area contributed by atoms with Gasteiger partial charge < -0.3 is 5.32 Å². The maximum Gasteiger partial charge on any atom is 0.416 e. The van der Waals surface area contributed by atoms with E-state index in [4.69, 9.17) is 10.1 Å². The molecule has 0 spiro atoms. The Kier molecular flexibility index (Phi) is 7.17. The zero-order chi connectivity index (χ0) is 20.1. The highest BCUT2D eigenvalue weighted by molar-refractivity contribution is 7.85. The van der Waals surface area contributed by atoms with Crippen LogP contribution >= 0.6 is 0 Å². The molecule has 1 heterocycles. The van der Waals surface area contributed by atoms with Gasteiger partial charge in [0.25, 0.3) is 10.1 Å². The summed E-state index contributed by atoms with van der Waals surface area (Å²) in [5.74, 6) is 4.39. The van der Waals surface area contributed by atoms with Crippen molar-refractivity contribution in [3.63, 3.8) is 0 Å². The van der Waals surface area contributed by atoms with Crippen LogP contribution < -0.4 is 11.2 Å². The minimum Gasteiger partial charge on any atom is -0.314 e. The number of amides is 1. The Labute approximate surface area is 155 Å². The predicted octanol–water partition coefficient (Wildman–Crippen LogP) is 0.247. The van der Waals surface area contributed by atoms with Gasteiger partial charge in [0.1, 0.15) is 5.75 Å². The number of hydrazine groups is 1. The molecular formula is C15H21F3N4O4S. The number of nitrogens with one attached hydrogen (secondary N) is 1. The third kappa shape index (κ3) is 6.74. The van der Waals surface area contributed by atoms with E-state index in [1.165, 1.54) is 11.1 Å². The molecule has 152 valence electrons. The second-order valence-electron chi connectivity index (χ2n) is 6.04. The molecule has 0 radical (unpaired) electrons. The average Bonchev–Trinajstić information content (AvgIpc) is 2.59. The average molecular weight is 410 g/mol. The van der Waals surface area contributed by atoms with Crippen molar-refractivity contribution in [1.82, 2.24) is 15.4 Å². The molecule has 0 unspecified atom stereocenters. The van der Waals surface area contributed by atoms with E-state index in [1.54, 1.807) is 0 Å². The molecule has 3 N–H and O–H groups in total. The van der Waals surface area contributed by atoms with Gasteiger partial charge in [-0.25, -0.2) is 5.84 Å². The van der Waals surface area contributed by atoms with Crippen molar-refractivity contribution < 1.29 is 30.7 Å². The van der Waals surface area contributed by atoms with Crippen molar-refractivity contribution in [2.75, 3.05) is 32.7 Å². The van der Waals surface area contributed by atoms with Gasteiger partial charge in [-0.1, -0.05) is 12.1 Å². The van der Waals surface area contributed by atoms with Crippen LogP contribution in [0.25, 0.3) is 0 Å². The minimum atomic E-state index is -4.73. The van der Waals surface area contributed by atoms with E-state index in [9.17, 15) is 26.4 Å². The van der Waals surface area contributed by atoms with E-state index >= 15 is 0 Å². The molecule has 0 atom stereocenters. The zero-order valence-electron chi connectivity index (χ0n) is 14.4. The van der Waals surface area contributed by atoms with Crippen molar-refractivity contribution in [2.45, 2.75) is 18.3 Å². The van der Waals surface area contributed by atoms with Crippen molar-refractivity contribution in [1.29, 1.82) is 0 Å². The lowest BCUT2D eigenvalue weighted by molar-refractivity contribution is -0.138. The molecule has 1 aromatic rings. The van der Waals surface area contributed by atoms with E-state index in [0.29, 0.717) is 32.6 Å². The molecule has 0 aromatic heterocycles. The number of hydroxylamine groups is 2. The second kappa shape index (κ2) is 8.97. The molecule has 8 nitrogen and oxygen atoms in total. The van der Waals surface area contributed by atoms with Crippen LogP contribution in [-0.4, -0.2) is 57.6 Å². The van der Waals surface area contributed by atoms with Crippen LogP contribution in [-0.2, 0) is 37.5 Å². The van der Waals surface area contributed by atoms with Gasteiger partial charge in [-0.05, 0) is 23.6 Å². The molecule has 1 aromatic carbocycles. The molecule has 1 aliphatic rings. The summed E-state index contributed by atoms with van der Waals surface area (Å²) in [5, 5.41) is 5.03. The van der Waals surface area contributed by atoms with Gasteiger partial charge in [0.15, 0.2) is 0 Å². The summed E-state index contributed by atoms with van der Waals surface area (Å²) >= 11 is 0. The molecule has 12 heteroatoms. The van der Waals surface area contributed by atoms with Crippen LogP contribution in [0.4, 0.5) is 13.2 Å². The fourth-order valence-electron chi connectivity index (χ4n) is 2.58. The van der Waals surface area contributed by atoms with Gasteiger partial charge in [0, 0.05) is 32.7 Å². The molecule has 0 saturated carbocycles. The number of nitrogens with two attached hydrogens (primary N) is 1. The third-order valence-corrected chi connectivity index (χ3v) is 5.00. The number of halogens is 3. The molecule has 2 rings (SSSR count). The quantitative estimate of drug-likeness (QED) is 0.274. The number of carbonyl (C=O) groups is 1. The Morgan fingerprint density at radius 3 is 2.56 bits per heavy atom. The number of hydrogen-bond donors (Lipinski definition) is 2. The molecule has 27 heavy (non-hydrogen) atoms. The summed E-state index contributed by atoms with van der Waals surface area (Å²) in [6.07, 6.45) is -4.27. The van der Waals surface area contributed by atoms with Gasteiger partial charge in [-0.3, -0.25) is 9.80 Å². The Morgan fingerprint density at radius 2 is 1.96 bits per heavy atom. The molecule has 0 bridgehead atoms. The number of rotatable bonds is 8. The topological polar surface area (TPSA) is 105 Å². The van der Waals surface area contributed by atoms with Gasteiger partial charge in [-0.2, -0.15) is 30.9 Å². The highest BCUT2D eigenvalue weighted by atomic mass is 32.2. The smallest absolute Gasteiger partial charge is 0.314 e. The van der Waals surface area contributed by atoms with E-state index in [-0.39, 0.29) is 18.5 Å². The summed E-state index contributed by atoms with van der Waals surface area (Å²) in [7, 11) is -4.24. The van der Waals surface area contributed by atoms with Crippen LogP contribution in [0.15, 0.2) is 18.2 Å². The number of piperazine rings is 1. The Balaban J connectivity index is 2.17. The van der Waals surface area contributed by atoms with Crippen LogP contribution in [0, 0.1) is 0 Å². The second-order valence-corrected chi connectivity index (χ2v) is 7.59. The Bertz CT molecular complexity index is 752. The highest BCUT2D eigenvalue weighted by Crippen LogP contribution is 2.34. The lowest BCUT2D eigenvalue weighted by Crippen LogP contribution is -2.44. The monoisotopic (exact) mass is 410 g/mol. The fourth-order valence-corrected chi connectivity index (χ4v) is 3.73. The van der Waals surface area contributed by atoms with Gasteiger partial charge >= 0.3 is 6.18 Å². The Hall–Kier alpha value is -1.73. The van der Waals surface area contributed by atoms with Crippen molar-refractivity contribution >= 4 is 16.5 Å². The van der Waals surface area contributed by atoms with E-state index < -0.39 is 33.2 Å². The van der Waals surface area contributed by atoms with Crippen LogP contribution in [0.2, 0.25) is 0 Å². The van der Waals surface area contributed by atoms with Crippen LogP contribution in [0.5, 0.6) is 0 Å². The van der Waals surface area contributed by atoms with Crippen molar-refractivity contribution in [2.24, 2.45) is 5.84 Å². The first-order valence-corrected chi connectivity index (χ1v) is 9.72. The van der Waals surface area contributed by atoms with Gasteiger partial charge in [0.05, 0.1) is 5.56 Å². The van der Waals surface area contributed by atoms with Gasteiger partial charge in [-0.15, -0.1) is 0 Å². The molecule has 1 fully saturated rings.